The summed E-state index contributed by atoms with van der Waals surface area (Å²) < 4.78 is 10.7. The first-order valence-electron chi connectivity index (χ1n) is 14.2. The molecule has 4 N–H and O–H groups in total. The molecule has 0 aromatic heterocycles. The van der Waals surface area contributed by atoms with Crippen molar-refractivity contribution in [3.05, 3.63) is 119 Å². The van der Waals surface area contributed by atoms with Crippen LogP contribution in [0.5, 0.6) is 11.5 Å². The molecule has 0 aliphatic carbocycles. The van der Waals surface area contributed by atoms with E-state index in [1.54, 1.807) is 78.9 Å². The monoisotopic (exact) mass is 639 g/mol. The number of carbonyl (C=O) groups excluding carboxylic acids is 3. The predicted octanol–water partition coefficient (Wildman–Crippen LogP) is 6.32. The normalized spacial score (nSPS) is 11.6. The van der Waals surface area contributed by atoms with Gasteiger partial charge in [-0.1, -0.05) is 43.3 Å². The molecule has 4 aromatic rings. The van der Waals surface area contributed by atoms with Gasteiger partial charge in [-0.25, -0.2) is 4.79 Å². The summed E-state index contributed by atoms with van der Waals surface area (Å²) in [6.07, 6.45) is 2.03. The average molecular weight is 640 g/mol. The third kappa shape index (κ3) is 8.99. The number of carboxylic acid groups (broad SMARTS) is 1. The van der Waals surface area contributed by atoms with Gasteiger partial charge in [0.15, 0.2) is 11.5 Å². The second-order valence-corrected chi connectivity index (χ2v) is 11.1. The van der Waals surface area contributed by atoms with Crippen LogP contribution in [0.1, 0.15) is 39.6 Å². The predicted molar refractivity (Wildman–Crippen MR) is 178 cm³/mol. The maximum atomic E-state index is 13.6. The Labute approximate surface area is 270 Å². The summed E-state index contributed by atoms with van der Waals surface area (Å²) in [5.74, 6) is -1.42. The van der Waals surface area contributed by atoms with Crippen molar-refractivity contribution in [2.75, 3.05) is 24.9 Å². The number of anilines is 2. The highest BCUT2D eigenvalue weighted by atomic mass is 32.2. The first kappa shape index (κ1) is 33.3. The van der Waals surface area contributed by atoms with E-state index in [9.17, 15) is 24.3 Å². The molecule has 0 aliphatic heterocycles. The summed E-state index contributed by atoms with van der Waals surface area (Å²) >= 11 is 1.30. The van der Waals surface area contributed by atoms with Crippen LogP contribution in [0.25, 0.3) is 6.08 Å². The molecule has 3 amide bonds. The maximum absolute atomic E-state index is 13.6. The molecule has 4 rings (SSSR count). The van der Waals surface area contributed by atoms with Gasteiger partial charge in [0.25, 0.3) is 11.8 Å². The Balaban J connectivity index is 1.53. The van der Waals surface area contributed by atoms with Gasteiger partial charge in [0.05, 0.1) is 25.0 Å². The van der Waals surface area contributed by atoms with Gasteiger partial charge in [-0.3, -0.25) is 14.4 Å². The van der Waals surface area contributed by atoms with Gasteiger partial charge >= 0.3 is 5.97 Å². The van der Waals surface area contributed by atoms with Crippen molar-refractivity contribution in [3.8, 4) is 11.5 Å². The van der Waals surface area contributed by atoms with E-state index in [0.29, 0.717) is 40.4 Å². The van der Waals surface area contributed by atoms with Crippen molar-refractivity contribution in [2.24, 2.45) is 0 Å². The van der Waals surface area contributed by atoms with Gasteiger partial charge in [0.1, 0.15) is 5.70 Å². The van der Waals surface area contributed by atoms with Crippen LogP contribution < -0.4 is 25.4 Å². The Morgan fingerprint density at radius 3 is 2.13 bits per heavy atom. The van der Waals surface area contributed by atoms with Gasteiger partial charge < -0.3 is 30.5 Å². The first-order chi connectivity index (χ1) is 22.2. The topological polar surface area (TPSA) is 143 Å². The van der Waals surface area contributed by atoms with Crippen molar-refractivity contribution >= 4 is 52.9 Å². The molecule has 236 valence electrons. The number of ether oxygens (including phenoxy) is 2. The van der Waals surface area contributed by atoms with Crippen molar-refractivity contribution in [1.82, 2.24) is 5.32 Å². The summed E-state index contributed by atoms with van der Waals surface area (Å²) in [5.41, 5.74) is 1.87. The SMILES string of the molecule is CCC(Sc1cccc(NC(=O)/C(=C\c2ccc(OC)c(OC)c2)NC(=O)c2ccccc2)c1)C(=O)Nc1cccc(C(=O)O)c1. The van der Waals surface area contributed by atoms with Crippen molar-refractivity contribution < 1.29 is 33.8 Å². The molecule has 0 fully saturated rings. The highest BCUT2D eigenvalue weighted by Crippen LogP contribution is 2.30. The van der Waals surface area contributed by atoms with E-state index >= 15 is 0 Å². The highest BCUT2D eigenvalue weighted by molar-refractivity contribution is 8.00. The minimum Gasteiger partial charge on any atom is -0.493 e. The van der Waals surface area contributed by atoms with Crippen LogP contribution in [0.2, 0.25) is 0 Å². The minimum atomic E-state index is -1.09. The third-order valence-electron chi connectivity index (χ3n) is 6.66. The number of thioether (sulfide) groups is 1. The molecule has 0 saturated carbocycles. The van der Waals surface area contributed by atoms with Crippen LogP contribution in [0.15, 0.2) is 108 Å². The Morgan fingerprint density at radius 1 is 0.783 bits per heavy atom. The van der Waals surface area contributed by atoms with Crippen LogP contribution in [-0.4, -0.2) is 48.3 Å². The van der Waals surface area contributed by atoms with Crippen LogP contribution in [0, 0.1) is 0 Å². The van der Waals surface area contributed by atoms with Crippen LogP contribution in [0.3, 0.4) is 0 Å². The van der Waals surface area contributed by atoms with Crippen molar-refractivity contribution in [3.63, 3.8) is 0 Å². The molecule has 0 spiro atoms. The number of methoxy groups -OCH3 is 2. The van der Waals surface area contributed by atoms with E-state index in [-0.39, 0.29) is 17.2 Å². The number of carbonyl (C=O) groups is 4. The number of hydrogen-bond donors (Lipinski definition) is 4. The maximum Gasteiger partial charge on any atom is 0.335 e. The first-order valence-corrected chi connectivity index (χ1v) is 15.1. The Hall–Kier alpha value is -5.55. The van der Waals surface area contributed by atoms with Crippen LogP contribution >= 0.6 is 11.8 Å². The summed E-state index contributed by atoms with van der Waals surface area (Å²) in [4.78, 5) is 51.7. The average Bonchev–Trinajstić information content (AvgIpc) is 3.07. The van der Waals surface area contributed by atoms with Crippen LogP contribution in [-0.2, 0) is 9.59 Å². The Kier molecular flexibility index (Phi) is 11.6. The van der Waals surface area contributed by atoms with Crippen molar-refractivity contribution in [2.45, 2.75) is 23.5 Å². The molecule has 4 aromatic carbocycles. The fraction of sp³-hybridized carbons (Fsp3) is 0.143. The Bertz CT molecular complexity index is 1760. The molecular formula is C35H33N3O7S. The van der Waals surface area contributed by atoms with Gasteiger partial charge in [-0.15, -0.1) is 11.8 Å². The van der Waals surface area contributed by atoms with Gasteiger partial charge in [0.2, 0.25) is 5.91 Å². The number of carboxylic acids is 1. The second-order valence-electron chi connectivity index (χ2n) is 9.86. The minimum absolute atomic E-state index is 0.00599. The highest BCUT2D eigenvalue weighted by Gasteiger charge is 2.20. The Morgan fingerprint density at radius 2 is 1.46 bits per heavy atom. The molecule has 11 heteroatoms. The lowest BCUT2D eigenvalue weighted by molar-refractivity contribution is -0.116. The molecule has 0 bridgehead atoms. The zero-order valence-corrected chi connectivity index (χ0v) is 26.2. The molecule has 0 aliphatic rings. The summed E-state index contributed by atoms with van der Waals surface area (Å²) in [5, 5.41) is 17.1. The fourth-order valence-electron chi connectivity index (χ4n) is 4.34. The van der Waals surface area contributed by atoms with E-state index in [2.05, 4.69) is 16.0 Å². The van der Waals surface area contributed by atoms with E-state index in [0.717, 1.165) is 4.90 Å². The van der Waals surface area contributed by atoms with Gasteiger partial charge in [0, 0.05) is 21.8 Å². The summed E-state index contributed by atoms with van der Waals surface area (Å²) in [7, 11) is 3.03. The number of nitrogens with one attached hydrogen (secondary N) is 3. The number of hydrogen-bond acceptors (Lipinski definition) is 7. The van der Waals surface area contributed by atoms with E-state index < -0.39 is 23.0 Å². The molecule has 0 radical (unpaired) electrons. The van der Waals surface area contributed by atoms with E-state index in [4.69, 9.17) is 9.47 Å². The lowest BCUT2D eigenvalue weighted by atomic mass is 10.1. The molecule has 10 nitrogen and oxygen atoms in total. The molecule has 1 atom stereocenters. The second kappa shape index (κ2) is 16.0. The number of amides is 3. The van der Waals surface area contributed by atoms with Gasteiger partial charge in [-0.2, -0.15) is 0 Å². The number of aromatic carboxylic acids is 1. The zero-order chi connectivity index (χ0) is 33.1. The molecule has 1 unspecified atom stereocenters. The van der Waals surface area contributed by atoms with Crippen LogP contribution in [0.4, 0.5) is 11.4 Å². The lowest BCUT2D eigenvalue weighted by Crippen LogP contribution is -2.30. The zero-order valence-electron chi connectivity index (χ0n) is 25.4. The summed E-state index contributed by atoms with van der Waals surface area (Å²) in [6, 6.07) is 26.7. The quantitative estimate of drug-likeness (QED) is 0.0983. The number of rotatable bonds is 13. The van der Waals surface area contributed by atoms with E-state index in [1.165, 1.54) is 44.2 Å². The smallest absolute Gasteiger partial charge is 0.335 e. The van der Waals surface area contributed by atoms with E-state index in [1.807, 2.05) is 13.0 Å². The third-order valence-corrected chi connectivity index (χ3v) is 8.02. The molecule has 46 heavy (non-hydrogen) atoms. The lowest BCUT2D eigenvalue weighted by Gasteiger charge is -2.16. The number of benzene rings is 4. The standard InChI is InChI=1S/C35H33N3O7S/c1-4-31(34(41)37-25-13-8-12-24(20-25)35(42)43)46-27-15-9-14-26(21-27)36-33(40)28(38-32(39)23-10-6-5-7-11-23)18-22-16-17-29(44-2)30(19-22)45-3/h5-21,31H,4H2,1-3H3,(H,36,40)(H,37,41)(H,38,39)(H,42,43)/b28-18+. The molecular weight excluding hydrogens is 606 g/mol. The largest absolute Gasteiger partial charge is 0.493 e. The summed E-state index contributed by atoms with van der Waals surface area (Å²) in [6.45, 7) is 1.87. The molecule has 0 heterocycles. The van der Waals surface area contributed by atoms with Gasteiger partial charge in [-0.05, 0) is 78.7 Å². The van der Waals surface area contributed by atoms with Crippen molar-refractivity contribution in [1.29, 1.82) is 0 Å². The molecule has 0 saturated heterocycles. The fourth-order valence-corrected chi connectivity index (χ4v) is 5.35.